The lowest BCUT2D eigenvalue weighted by Crippen LogP contribution is -2.47. The van der Waals surface area contributed by atoms with Gasteiger partial charge in [-0.15, -0.1) is 0 Å². The van der Waals surface area contributed by atoms with Crippen LogP contribution in [0.4, 0.5) is 15.9 Å². The van der Waals surface area contributed by atoms with Gasteiger partial charge in [0.25, 0.3) is 0 Å². The number of alkyl halides is 1. The number of β-amino-alcohol motifs (C(OH)–C–C–N with tert-alkyl or cyclic N) is 1. The summed E-state index contributed by atoms with van der Waals surface area (Å²) < 4.78 is 27.5. The van der Waals surface area contributed by atoms with Crippen LogP contribution in [0.5, 0.6) is 6.01 Å². The van der Waals surface area contributed by atoms with Crippen molar-refractivity contribution in [1.29, 1.82) is 0 Å². The monoisotopic (exact) mass is 537 g/mol. The Kier molecular flexibility index (Phi) is 6.06. The van der Waals surface area contributed by atoms with Gasteiger partial charge in [0.15, 0.2) is 0 Å². The van der Waals surface area contributed by atoms with Crippen LogP contribution in [0.1, 0.15) is 74.3 Å². The van der Waals surface area contributed by atoms with Gasteiger partial charge in [-0.2, -0.15) is 9.97 Å². The summed E-state index contributed by atoms with van der Waals surface area (Å²) in [4.78, 5) is 14.3. The number of benzene rings is 1. The Labute approximate surface area is 229 Å². The fourth-order valence-corrected chi connectivity index (χ4v) is 7.96. The minimum absolute atomic E-state index is 0.266. The van der Waals surface area contributed by atoms with Crippen LogP contribution in [-0.2, 0) is 29.8 Å². The largest absolute Gasteiger partial charge is 0.461 e. The van der Waals surface area contributed by atoms with Crippen molar-refractivity contribution in [2.24, 2.45) is 0 Å². The van der Waals surface area contributed by atoms with E-state index < -0.39 is 17.4 Å². The highest BCUT2D eigenvalue weighted by Crippen LogP contribution is 2.47. The maximum absolute atomic E-state index is 14.4. The molecule has 4 atom stereocenters. The van der Waals surface area contributed by atoms with Gasteiger partial charge in [-0.1, -0.05) is 6.07 Å². The summed E-state index contributed by atoms with van der Waals surface area (Å²) in [6, 6.07) is 6.52. The number of nitrogens with zero attached hydrogens (tertiary/aromatic N) is 4. The average Bonchev–Trinajstić information content (AvgIpc) is 3.42. The number of halogens is 1. The van der Waals surface area contributed by atoms with Crippen LogP contribution < -0.4 is 15.4 Å². The Morgan fingerprint density at radius 2 is 2.05 bits per heavy atom. The van der Waals surface area contributed by atoms with Crippen LogP contribution in [0.15, 0.2) is 18.2 Å². The molecule has 1 spiro atoms. The minimum Gasteiger partial charge on any atom is -0.461 e. The number of aliphatic hydroxyl groups is 1. The minimum atomic E-state index is -0.805. The maximum atomic E-state index is 14.4. The van der Waals surface area contributed by atoms with Crippen LogP contribution in [0, 0.1) is 0 Å². The van der Waals surface area contributed by atoms with E-state index in [0.717, 1.165) is 80.8 Å². The Hall–Kier alpha value is -2.49. The number of piperidine rings is 1. The van der Waals surface area contributed by atoms with E-state index in [2.05, 4.69) is 21.9 Å². The molecule has 0 radical (unpaired) electrons. The fraction of sp³-hybridized carbons (Fsp3) is 0.667. The van der Waals surface area contributed by atoms with Crippen LogP contribution in [0.25, 0.3) is 0 Å². The molecule has 3 N–H and O–H groups in total. The quantitative estimate of drug-likeness (QED) is 0.571. The van der Waals surface area contributed by atoms with Crippen LogP contribution in [0.2, 0.25) is 0 Å². The normalized spacial score (nSPS) is 34.1. The molecular formula is C30H40FN5O3. The molecule has 7 rings (SSSR count). The zero-order valence-corrected chi connectivity index (χ0v) is 22.9. The summed E-state index contributed by atoms with van der Waals surface area (Å²) in [5, 5.41) is 10.9. The summed E-state index contributed by atoms with van der Waals surface area (Å²) in [7, 11) is 0. The number of fused-ring (bicyclic) bond motifs is 4. The van der Waals surface area contributed by atoms with Gasteiger partial charge >= 0.3 is 6.01 Å². The second kappa shape index (κ2) is 9.28. The SMILES string of the molecule is CC1(O)CCCN(c2nc(OCC34CCCN3CC(F)C4)nc3c2COC2(CCCc4ccc(N)cc42)C3)C1. The van der Waals surface area contributed by atoms with Crippen LogP contribution in [-0.4, -0.2) is 70.1 Å². The third-order valence-electron chi connectivity index (χ3n) is 9.85. The molecule has 9 heteroatoms. The zero-order valence-electron chi connectivity index (χ0n) is 22.9. The summed E-state index contributed by atoms with van der Waals surface area (Å²) in [5.41, 5.74) is 9.83. The highest BCUT2D eigenvalue weighted by atomic mass is 19.1. The Bertz CT molecular complexity index is 1270. The van der Waals surface area contributed by atoms with Crippen molar-refractivity contribution in [2.45, 2.75) is 94.2 Å². The molecule has 2 aromatic rings. The van der Waals surface area contributed by atoms with Crippen molar-refractivity contribution in [3.05, 3.63) is 40.6 Å². The molecule has 5 heterocycles. The van der Waals surface area contributed by atoms with E-state index in [9.17, 15) is 9.50 Å². The summed E-state index contributed by atoms with van der Waals surface area (Å²) >= 11 is 0. The standard InChI is InChI=1S/C30H40FN5O3/c1-28(37)8-3-11-35(18-28)26-23-17-39-30(10-2-5-20-6-7-22(32)13-24(20)30)15-25(23)33-27(34-26)38-19-29-9-4-12-36(29)16-21(31)14-29/h6-7,13,21,37H,2-5,8-12,14-19,32H2,1H3. The summed E-state index contributed by atoms with van der Waals surface area (Å²) in [6.45, 7) is 5.41. The third kappa shape index (κ3) is 4.46. The Morgan fingerprint density at radius 1 is 1.18 bits per heavy atom. The Morgan fingerprint density at radius 3 is 2.92 bits per heavy atom. The molecule has 1 aliphatic carbocycles. The summed E-state index contributed by atoms with van der Waals surface area (Å²) in [6.07, 6.45) is 6.96. The number of nitrogens with two attached hydrogens (primary N) is 1. The topological polar surface area (TPSA) is 97.0 Å². The van der Waals surface area contributed by atoms with Crippen molar-refractivity contribution in [2.75, 3.05) is 43.4 Å². The third-order valence-corrected chi connectivity index (χ3v) is 9.85. The van der Waals surface area contributed by atoms with Crippen molar-refractivity contribution in [3.8, 4) is 6.01 Å². The second-order valence-electron chi connectivity index (χ2n) is 12.9. The predicted molar refractivity (Wildman–Crippen MR) is 147 cm³/mol. The van der Waals surface area contributed by atoms with Crippen molar-refractivity contribution < 1.29 is 19.0 Å². The first-order valence-corrected chi connectivity index (χ1v) is 14.7. The molecule has 4 aliphatic heterocycles. The van der Waals surface area contributed by atoms with Gasteiger partial charge < -0.3 is 25.2 Å². The summed E-state index contributed by atoms with van der Waals surface area (Å²) in [5.74, 6) is 0.795. The number of hydrogen-bond acceptors (Lipinski definition) is 8. The van der Waals surface area contributed by atoms with Crippen molar-refractivity contribution in [3.63, 3.8) is 0 Å². The number of nitrogen functional groups attached to an aromatic ring is 1. The van der Waals surface area contributed by atoms with E-state index in [0.29, 0.717) is 45.2 Å². The Balaban J connectivity index is 1.25. The molecule has 3 fully saturated rings. The maximum Gasteiger partial charge on any atom is 0.318 e. The molecule has 1 aromatic carbocycles. The van der Waals surface area contributed by atoms with E-state index in [1.807, 2.05) is 13.0 Å². The highest BCUT2D eigenvalue weighted by molar-refractivity contribution is 5.54. The van der Waals surface area contributed by atoms with Crippen molar-refractivity contribution >= 4 is 11.5 Å². The van der Waals surface area contributed by atoms with Crippen LogP contribution >= 0.6 is 0 Å². The number of ether oxygens (including phenoxy) is 2. The van der Waals surface area contributed by atoms with E-state index in [1.165, 1.54) is 11.1 Å². The smallest absolute Gasteiger partial charge is 0.318 e. The van der Waals surface area contributed by atoms with Crippen LogP contribution in [0.3, 0.4) is 0 Å². The first-order chi connectivity index (χ1) is 18.7. The van der Waals surface area contributed by atoms with Gasteiger partial charge in [0.1, 0.15) is 18.6 Å². The predicted octanol–water partition coefficient (Wildman–Crippen LogP) is 3.67. The van der Waals surface area contributed by atoms with E-state index in [4.69, 9.17) is 25.2 Å². The molecule has 0 bridgehead atoms. The molecule has 210 valence electrons. The fourth-order valence-electron chi connectivity index (χ4n) is 7.96. The van der Waals surface area contributed by atoms with Gasteiger partial charge in [-0.05, 0) is 81.7 Å². The van der Waals surface area contributed by atoms with Gasteiger partial charge in [-0.25, -0.2) is 4.39 Å². The number of hydrogen-bond donors (Lipinski definition) is 2. The zero-order chi connectivity index (χ0) is 26.8. The van der Waals surface area contributed by atoms with E-state index >= 15 is 0 Å². The molecule has 0 saturated carbocycles. The molecule has 5 aliphatic rings. The molecule has 1 aromatic heterocycles. The van der Waals surface area contributed by atoms with E-state index in [1.54, 1.807) is 0 Å². The van der Waals surface area contributed by atoms with Gasteiger partial charge in [-0.3, -0.25) is 4.90 Å². The lowest BCUT2D eigenvalue weighted by Gasteiger charge is -2.44. The van der Waals surface area contributed by atoms with Crippen molar-refractivity contribution in [1.82, 2.24) is 14.9 Å². The second-order valence-corrected chi connectivity index (χ2v) is 12.9. The lowest BCUT2D eigenvalue weighted by molar-refractivity contribution is -0.0856. The molecular weight excluding hydrogens is 497 g/mol. The number of rotatable bonds is 4. The first-order valence-electron chi connectivity index (χ1n) is 14.7. The molecule has 8 nitrogen and oxygen atoms in total. The molecule has 4 unspecified atom stereocenters. The lowest BCUT2D eigenvalue weighted by atomic mass is 9.74. The first kappa shape index (κ1) is 25.5. The highest BCUT2D eigenvalue weighted by Gasteiger charge is 2.50. The molecule has 0 amide bonds. The van der Waals surface area contributed by atoms with Gasteiger partial charge in [0, 0.05) is 43.7 Å². The molecule has 39 heavy (non-hydrogen) atoms. The van der Waals surface area contributed by atoms with Gasteiger partial charge in [0.2, 0.25) is 0 Å². The number of anilines is 2. The number of aromatic nitrogens is 2. The van der Waals surface area contributed by atoms with E-state index in [-0.39, 0.29) is 5.54 Å². The average molecular weight is 538 g/mol. The van der Waals surface area contributed by atoms with Gasteiger partial charge in [0.05, 0.1) is 29.0 Å². The molecule has 3 saturated heterocycles. The number of aryl methyl sites for hydroxylation is 1.